The molecule has 0 unspecified atom stereocenters. The van der Waals surface area contributed by atoms with Crippen LogP contribution < -0.4 is 10.2 Å². The first kappa shape index (κ1) is 19.4. The number of thiazole rings is 1. The molecule has 0 bridgehead atoms. The summed E-state index contributed by atoms with van der Waals surface area (Å²) in [5.41, 5.74) is 1.54. The summed E-state index contributed by atoms with van der Waals surface area (Å²) in [6, 6.07) is 6.09. The summed E-state index contributed by atoms with van der Waals surface area (Å²) in [6.45, 7) is 2.36. The number of aromatic nitrogens is 3. The number of anilines is 1. The van der Waals surface area contributed by atoms with Crippen molar-refractivity contribution >= 4 is 56.2 Å². The molecular weight excluding hydrogens is 417 g/mol. The van der Waals surface area contributed by atoms with Gasteiger partial charge in [0.25, 0.3) is 0 Å². The minimum atomic E-state index is -0.286. The van der Waals surface area contributed by atoms with Crippen molar-refractivity contribution in [3.05, 3.63) is 42.0 Å². The Kier molecular flexibility index (Phi) is 6.28. The summed E-state index contributed by atoms with van der Waals surface area (Å²) in [5.74, 6) is 2.08. The maximum Gasteiger partial charge on any atom is 0.230 e. The zero-order chi connectivity index (χ0) is 19.3. The lowest BCUT2D eigenvalue weighted by Gasteiger charge is -2.25. The Hall–Kier alpha value is -1.91. The van der Waals surface area contributed by atoms with Crippen LogP contribution in [0.1, 0.15) is 5.56 Å². The smallest absolute Gasteiger partial charge is 0.230 e. The number of rotatable bonds is 6. The molecule has 0 radical (unpaired) electrons. The number of carbonyl (C=O) groups is 1. The van der Waals surface area contributed by atoms with Crippen molar-refractivity contribution in [2.45, 2.75) is 11.6 Å². The van der Waals surface area contributed by atoms with Gasteiger partial charge in [-0.05, 0) is 17.7 Å². The van der Waals surface area contributed by atoms with Crippen molar-refractivity contribution in [2.24, 2.45) is 0 Å². The Labute approximate surface area is 174 Å². The highest BCUT2D eigenvalue weighted by Gasteiger charge is 2.18. The number of hydrogen-bond donors (Lipinski definition) is 1. The van der Waals surface area contributed by atoms with E-state index in [0.29, 0.717) is 12.2 Å². The van der Waals surface area contributed by atoms with Crippen molar-refractivity contribution < 1.29 is 9.18 Å². The van der Waals surface area contributed by atoms with Crippen LogP contribution in [-0.4, -0.2) is 51.2 Å². The van der Waals surface area contributed by atoms with E-state index in [1.165, 1.54) is 30.2 Å². The van der Waals surface area contributed by atoms with Gasteiger partial charge in [-0.15, -0.1) is 0 Å². The first-order chi connectivity index (χ1) is 13.7. The minimum absolute atomic E-state index is 0.0983. The molecule has 1 fully saturated rings. The van der Waals surface area contributed by atoms with E-state index in [-0.39, 0.29) is 17.5 Å². The van der Waals surface area contributed by atoms with E-state index in [2.05, 4.69) is 25.2 Å². The molecule has 28 heavy (non-hydrogen) atoms. The van der Waals surface area contributed by atoms with Gasteiger partial charge < -0.3 is 10.2 Å². The standard InChI is InChI=1S/C18H18FN5OS3/c19-13-3-1-12(2-4-13)9-20-14(25)10-27-17-15-16(21-11-22-17)23-18(28-15)24-5-7-26-8-6-24/h1-4,11H,5-10H2,(H,20,25). The van der Waals surface area contributed by atoms with Gasteiger partial charge in [-0.1, -0.05) is 35.2 Å². The lowest BCUT2D eigenvalue weighted by molar-refractivity contribution is -0.118. The normalized spacial score (nSPS) is 14.4. The van der Waals surface area contributed by atoms with E-state index in [1.54, 1.807) is 23.5 Å². The van der Waals surface area contributed by atoms with Crippen LogP contribution in [0.15, 0.2) is 35.6 Å². The molecule has 6 nitrogen and oxygen atoms in total. The lowest BCUT2D eigenvalue weighted by atomic mass is 10.2. The molecule has 0 atom stereocenters. The monoisotopic (exact) mass is 435 g/mol. The quantitative estimate of drug-likeness (QED) is 0.471. The van der Waals surface area contributed by atoms with Gasteiger partial charge in [0.15, 0.2) is 10.8 Å². The van der Waals surface area contributed by atoms with Crippen molar-refractivity contribution in [3.8, 4) is 0 Å². The second-order valence-corrected chi connectivity index (χ2v) is 9.29. The largest absolute Gasteiger partial charge is 0.351 e. The molecule has 1 N–H and O–H groups in total. The van der Waals surface area contributed by atoms with Gasteiger partial charge >= 0.3 is 0 Å². The Balaban J connectivity index is 1.37. The zero-order valence-corrected chi connectivity index (χ0v) is 17.4. The summed E-state index contributed by atoms with van der Waals surface area (Å²) < 4.78 is 13.9. The predicted octanol–water partition coefficient (Wildman–Crippen LogP) is 3.19. The number of hydrogen-bond acceptors (Lipinski definition) is 8. The van der Waals surface area contributed by atoms with E-state index >= 15 is 0 Å². The number of thioether (sulfide) groups is 2. The third-order valence-electron chi connectivity index (χ3n) is 4.17. The number of halogens is 1. The van der Waals surface area contributed by atoms with E-state index in [9.17, 15) is 9.18 Å². The van der Waals surface area contributed by atoms with Crippen LogP contribution in [0.4, 0.5) is 9.52 Å². The van der Waals surface area contributed by atoms with Crippen molar-refractivity contribution in [2.75, 3.05) is 35.2 Å². The summed E-state index contributed by atoms with van der Waals surface area (Å²) in [5, 5.41) is 4.59. The van der Waals surface area contributed by atoms with Gasteiger partial charge in [0, 0.05) is 31.1 Å². The topological polar surface area (TPSA) is 71.0 Å². The van der Waals surface area contributed by atoms with Crippen LogP contribution in [0.3, 0.4) is 0 Å². The number of nitrogens with one attached hydrogen (secondary N) is 1. The number of nitrogens with zero attached hydrogens (tertiary/aromatic N) is 4. The van der Waals surface area contributed by atoms with E-state index < -0.39 is 0 Å². The van der Waals surface area contributed by atoms with Gasteiger partial charge in [0.05, 0.1) is 5.75 Å². The molecular formula is C18H18FN5OS3. The number of benzene rings is 1. The maximum absolute atomic E-state index is 12.9. The number of carbonyl (C=O) groups excluding carboxylic acids is 1. The number of fused-ring (bicyclic) bond motifs is 1. The molecule has 3 aromatic rings. The lowest BCUT2D eigenvalue weighted by Crippen LogP contribution is -2.32. The van der Waals surface area contributed by atoms with Crippen LogP contribution >= 0.6 is 34.9 Å². The molecule has 1 aliphatic rings. The van der Waals surface area contributed by atoms with Crippen molar-refractivity contribution in [1.29, 1.82) is 0 Å². The van der Waals surface area contributed by atoms with Gasteiger partial charge in [-0.25, -0.2) is 14.4 Å². The molecule has 3 heterocycles. The molecule has 1 saturated heterocycles. The SMILES string of the molecule is O=C(CSc1ncnc2nc(N3CCSCC3)sc12)NCc1ccc(F)cc1. The van der Waals surface area contributed by atoms with Gasteiger partial charge in [0.2, 0.25) is 5.91 Å². The summed E-state index contributed by atoms with van der Waals surface area (Å²) in [6.07, 6.45) is 1.50. The maximum atomic E-state index is 12.9. The van der Waals surface area contributed by atoms with Crippen LogP contribution in [0.5, 0.6) is 0 Å². The third kappa shape index (κ3) is 4.73. The first-order valence-corrected chi connectivity index (χ1v) is 11.7. The molecule has 0 saturated carbocycles. The van der Waals surface area contributed by atoms with E-state index in [1.807, 2.05) is 11.8 Å². The average molecular weight is 436 g/mol. The van der Waals surface area contributed by atoms with Gasteiger partial charge in [-0.3, -0.25) is 4.79 Å². The average Bonchev–Trinajstić information content (AvgIpc) is 3.17. The van der Waals surface area contributed by atoms with Crippen LogP contribution in [-0.2, 0) is 11.3 Å². The molecule has 1 aliphatic heterocycles. The highest BCUT2D eigenvalue weighted by atomic mass is 32.2. The molecule has 0 spiro atoms. The summed E-state index contributed by atoms with van der Waals surface area (Å²) >= 11 is 4.92. The highest BCUT2D eigenvalue weighted by molar-refractivity contribution is 8.00. The minimum Gasteiger partial charge on any atom is -0.351 e. The van der Waals surface area contributed by atoms with Crippen molar-refractivity contribution in [3.63, 3.8) is 0 Å². The van der Waals surface area contributed by atoms with Crippen LogP contribution in [0, 0.1) is 5.82 Å². The molecule has 1 aromatic carbocycles. The van der Waals surface area contributed by atoms with Gasteiger partial charge in [0.1, 0.15) is 21.9 Å². The summed E-state index contributed by atoms with van der Waals surface area (Å²) in [7, 11) is 0. The Bertz CT molecular complexity index is 960. The number of amides is 1. The van der Waals surface area contributed by atoms with Crippen LogP contribution in [0.25, 0.3) is 10.3 Å². The van der Waals surface area contributed by atoms with Crippen molar-refractivity contribution in [1.82, 2.24) is 20.3 Å². The molecule has 0 aliphatic carbocycles. The molecule has 10 heteroatoms. The van der Waals surface area contributed by atoms with E-state index in [4.69, 9.17) is 0 Å². The fourth-order valence-corrected chi connectivity index (χ4v) is 5.58. The molecule has 2 aromatic heterocycles. The summed E-state index contributed by atoms with van der Waals surface area (Å²) in [4.78, 5) is 27.7. The van der Waals surface area contributed by atoms with Crippen LogP contribution in [0.2, 0.25) is 0 Å². The molecule has 4 rings (SSSR count). The van der Waals surface area contributed by atoms with E-state index in [0.717, 1.165) is 45.0 Å². The second kappa shape index (κ2) is 9.06. The third-order valence-corrected chi connectivity index (χ3v) is 7.35. The predicted molar refractivity (Wildman–Crippen MR) is 114 cm³/mol. The Morgan fingerprint density at radius 2 is 2.00 bits per heavy atom. The fourth-order valence-electron chi connectivity index (χ4n) is 2.70. The van der Waals surface area contributed by atoms with Gasteiger partial charge in [-0.2, -0.15) is 16.7 Å². The zero-order valence-electron chi connectivity index (χ0n) is 14.9. The highest BCUT2D eigenvalue weighted by Crippen LogP contribution is 2.34. The molecule has 1 amide bonds. The Morgan fingerprint density at radius 1 is 1.21 bits per heavy atom. The Morgan fingerprint density at radius 3 is 2.79 bits per heavy atom. The fraction of sp³-hybridized carbons (Fsp3) is 0.333. The molecule has 146 valence electrons. The second-order valence-electron chi connectivity index (χ2n) is 6.12. The first-order valence-electron chi connectivity index (χ1n) is 8.77.